The van der Waals surface area contributed by atoms with Gasteiger partial charge in [0.1, 0.15) is 6.10 Å². The molecule has 0 saturated heterocycles. The second kappa shape index (κ2) is 5.93. The van der Waals surface area contributed by atoms with E-state index in [1.165, 1.54) is 17.7 Å². The summed E-state index contributed by atoms with van der Waals surface area (Å²) in [6.45, 7) is 2.05. The van der Waals surface area contributed by atoms with Crippen molar-refractivity contribution in [3.8, 4) is 0 Å². The van der Waals surface area contributed by atoms with Crippen LogP contribution in [0.3, 0.4) is 0 Å². The summed E-state index contributed by atoms with van der Waals surface area (Å²) in [6.07, 6.45) is -2.46. The van der Waals surface area contributed by atoms with Crippen LogP contribution in [-0.4, -0.2) is 5.11 Å². The van der Waals surface area contributed by atoms with Crippen LogP contribution in [0.1, 0.15) is 41.7 Å². The van der Waals surface area contributed by atoms with Gasteiger partial charge in [-0.15, -0.1) is 0 Å². The minimum absolute atomic E-state index is 0.0678. The number of benzene rings is 2. The third kappa shape index (κ3) is 3.18. The van der Waals surface area contributed by atoms with Crippen molar-refractivity contribution in [1.29, 1.82) is 0 Å². The second-order valence-corrected chi connectivity index (χ2v) is 4.47. The Morgan fingerprint density at radius 3 is 2.16 bits per heavy atom. The van der Waals surface area contributed by atoms with E-state index in [0.29, 0.717) is 11.1 Å². The molecule has 1 nitrogen and oxygen atoms in total. The molecule has 2 aromatic carbocycles. The maximum atomic E-state index is 12.6. The molecule has 0 radical (unpaired) electrons. The summed E-state index contributed by atoms with van der Waals surface area (Å²) < 4.78 is 25.3. The van der Waals surface area contributed by atoms with Crippen LogP contribution in [0.5, 0.6) is 0 Å². The summed E-state index contributed by atoms with van der Waals surface area (Å²) in [7, 11) is 0. The molecule has 1 unspecified atom stereocenters. The van der Waals surface area contributed by atoms with Gasteiger partial charge in [0.15, 0.2) is 0 Å². The molecule has 0 saturated carbocycles. The number of halogens is 2. The molecule has 1 N–H and O–H groups in total. The molecule has 0 aliphatic rings. The lowest BCUT2D eigenvalue weighted by Crippen LogP contribution is -2.00. The Bertz CT molecular complexity index is 535. The first-order chi connectivity index (χ1) is 9.11. The lowest BCUT2D eigenvalue weighted by molar-refractivity contribution is 0.150. The lowest BCUT2D eigenvalue weighted by atomic mass is 9.98. The average molecular weight is 262 g/mol. The fourth-order valence-electron chi connectivity index (χ4n) is 1.99. The fourth-order valence-corrected chi connectivity index (χ4v) is 1.99. The number of hydrogen-bond acceptors (Lipinski definition) is 1. The van der Waals surface area contributed by atoms with Gasteiger partial charge >= 0.3 is 0 Å². The highest BCUT2D eigenvalue weighted by Crippen LogP contribution is 2.26. The van der Waals surface area contributed by atoms with Crippen LogP contribution in [0.4, 0.5) is 8.78 Å². The predicted octanol–water partition coefficient (Wildman–Crippen LogP) is 4.27. The molecule has 1 atom stereocenters. The summed E-state index contributed by atoms with van der Waals surface area (Å²) >= 11 is 0. The molecule has 2 rings (SSSR count). The van der Waals surface area contributed by atoms with Crippen LogP contribution < -0.4 is 0 Å². The second-order valence-electron chi connectivity index (χ2n) is 4.47. The van der Waals surface area contributed by atoms with E-state index in [1.807, 2.05) is 24.3 Å². The van der Waals surface area contributed by atoms with Gasteiger partial charge in [-0.1, -0.05) is 49.4 Å². The van der Waals surface area contributed by atoms with Gasteiger partial charge < -0.3 is 5.11 Å². The number of aryl methyl sites for hydroxylation is 1. The van der Waals surface area contributed by atoms with Gasteiger partial charge in [0.2, 0.25) is 0 Å². The number of alkyl halides is 2. The first kappa shape index (κ1) is 13.7. The molecular formula is C16H16F2O. The SMILES string of the molecule is CCc1ccc(C(O)c2cccc(C(F)F)c2)cc1. The summed E-state index contributed by atoms with van der Waals surface area (Å²) in [4.78, 5) is 0. The Morgan fingerprint density at radius 1 is 0.947 bits per heavy atom. The molecule has 0 aliphatic heterocycles. The van der Waals surface area contributed by atoms with Crippen molar-refractivity contribution in [3.63, 3.8) is 0 Å². The molecule has 100 valence electrons. The highest BCUT2D eigenvalue weighted by atomic mass is 19.3. The zero-order valence-electron chi connectivity index (χ0n) is 10.7. The molecule has 0 amide bonds. The highest BCUT2D eigenvalue weighted by Gasteiger charge is 2.13. The normalized spacial score (nSPS) is 12.7. The monoisotopic (exact) mass is 262 g/mol. The summed E-state index contributed by atoms with van der Waals surface area (Å²) in [6, 6.07) is 13.5. The largest absolute Gasteiger partial charge is 0.384 e. The molecule has 0 spiro atoms. The quantitative estimate of drug-likeness (QED) is 0.872. The van der Waals surface area contributed by atoms with Crippen molar-refractivity contribution in [2.75, 3.05) is 0 Å². The van der Waals surface area contributed by atoms with Crippen molar-refractivity contribution >= 4 is 0 Å². The van der Waals surface area contributed by atoms with E-state index < -0.39 is 12.5 Å². The molecular weight excluding hydrogens is 246 g/mol. The third-order valence-corrected chi connectivity index (χ3v) is 3.18. The Labute approximate surface area is 111 Å². The van der Waals surface area contributed by atoms with Gasteiger partial charge in [0.05, 0.1) is 0 Å². The molecule has 3 heteroatoms. The molecule has 0 bridgehead atoms. The zero-order chi connectivity index (χ0) is 13.8. The smallest absolute Gasteiger partial charge is 0.263 e. The maximum Gasteiger partial charge on any atom is 0.263 e. The van der Waals surface area contributed by atoms with E-state index in [9.17, 15) is 13.9 Å². The summed E-state index contributed by atoms with van der Waals surface area (Å²) in [5, 5.41) is 10.2. The van der Waals surface area contributed by atoms with E-state index in [4.69, 9.17) is 0 Å². The van der Waals surface area contributed by atoms with Crippen LogP contribution in [0.25, 0.3) is 0 Å². The van der Waals surface area contributed by atoms with E-state index in [2.05, 4.69) is 6.92 Å². The van der Waals surface area contributed by atoms with Crippen molar-refractivity contribution in [2.24, 2.45) is 0 Å². The first-order valence-electron chi connectivity index (χ1n) is 6.26. The topological polar surface area (TPSA) is 20.2 Å². The molecule has 2 aromatic rings. The molecule has 0 aliphatic carbocycles. The molecule has 0 heterocycles. The number of aliphatic hydroxyl groups excluding tert-OH is 1. The standard InChI is InChI=1S/C16H16F2O/c1-2-11-6-8-12(9-7-11)15(19)13-4-3-5-14(10-13)16(17)18/h3-10,15-16,19H,2H2,1H3. The number of aliphatic hydroxyl groups is 1. The van der Waals surface area contributed by atoms with E-state index in [0.717, 1.165) is 6.42 Å². The molecule has 19 heavy (non-hydrogen) atoms. The Kier molecular flexibility index (Phi) is 4.27. The van der Waals surface area contributed by atoms with Crippen LogP contribution in [0.2, 0.25) is 0 Å². The minimum atomic E-state index is -2.52. The summed E-state index contributed by atoms with van der Waals surface area (Å²) in [5.41, 5.74) is 2.31. The Balaban J connectivity index is 2.27. The number of hydrogen-bond donors (Lipinski definition) is 1. The summed E-state index contributed by atoms with van der Waals surface area (Å²) in [5.74, 6) is 0. The van der Waals surface area contributed by atoms with Crippen molar-refractivity contribution in [1.82, 2.24) is 0 Å². The van der Waals surface area contributed by atoms with Crippen LogP contribution in [-0.2, 0) is 6.42 Å². The van der Waals surface area contributed by atoms with E-state index in [-0.39, 0.29) is 5.56 Å². The van der Waals surface area contributed by atoms with Gasteiger partial charge in [-0.3, -0.25) is 0 Å². The van der Waals surface area contributed by atoms with Gasteiger partial charge in [-0.25, -0.2) is 8.78 Å². The average Bonchev–Trinajstić information content (AvgIpc) is 2.46. The lowest BCUT2D eigenvalue weighted by Gasteiger charge is -2.13. The zero-order valence-corrected chi connectivity index (χ0v) is 10.7. The Hall–Kier alpha value is -1.74. The van der Waals surface area contributed by atoms with Gasteiger partial charge in [-0.05, 0) is 29.2 Å². The molecule has 0 fully saturated rings. The van der Waals surface area contributed by atoms with Gasteiger partial charge in [0.25, 0.3) is 6.43 Å². The van der Waals surface area contributed by atoms with Crippen LogP contribution >= 0.6 is 0 Å². The van der Waals surface area contributed by atoms with Crippen molar-refractivity contribution < 1.29 is 13.9 Å². The maximum absolute atomic E-state index is 12.6. The minimum Gasteiger partial charge on any atom is -0.384 e. The molecule has 0 aromatic heterocycles. The predicted molar refractivity (Wildman–Crippen MR) is 71.3 cm³/mol. The third-order valence-electron chi connectivity index (χ3n) is 3.18. The van der Waals surface area contributed by atoms with Gasteiger partial charge in [0, 0.05) is 5.56 Å². The number of rotatable bonds is 4. The fraction of sp³-hybridized carbons (Fsp3) is 0.250. The van der Waals surface area contributed by atoms with Crippen molar-refractivity contribution in [3.05, 3.63) is 70.8 Å². The van der Waals surface area contributed by atoms with Crippen LogP contribution in [0, 0.1) is 0 Å². The van der Waals surface area contributed by atoms with E-state index in [1.54, 1.807) is 12.1 Å². The van der Waals surface area contributed by atoms with Gasteiger partial charge in [-0.2, -0.15) is 0 Å². The Morgan fingerprint density at radius 2 is 1.58 bits per heavy atom. The van der Waals surface area contributed by atoms with Crippen molar-refractivity contribution in [2.45, 2.75) is 25.9 Å². The first-order valence-corrected chi connectivity index (χ1v) is 6.26. The van der Waals surface area contributed by atoms with Crippen LogP contribution in [0.15, 0.2) is 48.5 Å². The highest BCUT2D eigenvalue weighted by molar-refractivity contribution is 5.34. The van der Waals surface area contributed by atoms with E-state index >= 15 is 0 Å².